The fourth-order valence-electron chi connectivity index (χ4n) is 2.53. The fraction of sp³-hybridized carbons (Fsp3) is 0.333. The molecule has 1 atom stereocenters. The van der Waals surface area contributed by atoms with Crippen molar-refractivity contribution in [2.24, 2.45) is 5.92 Å². The lowest BCUT2D eigenvalue weighted by molar-refractivity contribution is -0.118. The van der Waals surface area contributed by atoms with Crippen molar-refractivity contribution >= 4 is 44.8 Å². The van der Waals surface area contributed by atoms with E-state index in [0.29, 0.717) is 39.8 Å². The molecule has 3 rings (SSSR count). The van der Waals surface area contributed by atoms with Crippen LogP contribution in [0.2, 0.25) is 0 Å². The van der Waals surface area contributed by atoms with Gasteiger partial charge in [0.25, 0.3) is 5.91 Å². The quantitative estimate of drug-likeness (QED) is 0.746. The molecule has 1 aromatic heterocycles. The lowest BCUT2D eigenvalue weighted by Crippen LogP contribution is -2.47. The second kappa shape index (κ2) is 8.09. The molecule has 138 valence electrons. The van der Waals surface area contributed by atoms with Crippen molar-refractivity contribution in [3.05, 3.63) is 39.0 Å². The third-order valence-corrected chi connectivity index (χ3v) is 5.40. The van der Waals surface area contributed by atoms with E-state index in [1.165, 1.54) is 11.3 Å². The lowest BCUT2D eigenvalue weighted by Gasteiger charge is -2.23. The summed E-state index contributed by atoms with van der Waals surface area (Å²) in [5.41, 5.74) is 0.565. The van der Waals surface area contributed by atoms with Gasteiger partial charge in [-0.2, -0.15) is 0 Å². The van der Waals surface area contributed by atoms with E-state index in [1.54, 1.807) is 24.3 Å². The highest BCUT2D eigenvalue weighted by atomic mass is 79.9. The third kappa shape index (κ3) is 4.19. The molecular weight excluding hydrogens is 420 g/mol. The Morgan fingerprint density at radius 1 is 1.19 bits per heavy atom. The number of anilines is 1. The van der Waals surface area contributed by atoms with Crippen LogP contribution in [0, 0.1) is 5.92 Å². The van der Waals surface area contributed by atoms with Crippen molar-refractivity contribution in [3.63, 3.8) is 0 Å². The standard InChI is InChI=1S/C18H19BrN2O4S/c1-10(2)16(21-17(22)15-4-3-7-26-15)18(23)20-12-9-14-13(8-11(12)19)24-5-6-25-14/h3-4,7-10,16H,5-6H2,1-2H3,(H,20,23)(H,21,22)/t16-/m0/s1. The number of carbonyl (C=O) groups excluding carboxylic acids is 2. The molecular formula is C18H19BrN2O4S. The first-order valence-electron chi connectivity index (χ1n) is 8.20. The number of nitrogens with one attached hydrogen (secondary N) is 2. The summed E-state index contributed by atoms with van der Waals surface area (Å²) in [4.78, 5) is 25.6. The van der Waals surface area contributed by atoms with Gasteiger partial charge in [-0.3, -0.25) is 9.59 Å². The molecule has 0 fully saturated rings. The van der Waals surface area contributed by atoms with E-state index >= 15 is 0 Å². The third-order valence-electron chi connectivity index (χ3n) is 3.87. The van der Waals surface area contributed by atoms with Crippen LogP contribution in [0.25, 0.3) is 0 Å². The van der Waals surface area contributed by atoms with Gasteiger partial charge >= 0.3 is 0 Å². The van der Waals surface area contributed by atoms with Gasteiger partial charge in [0.15, 0.2) is 11.5 Å². The molecule has 1 aromatic carbocycles. The fourth-order valence-corrected chi connectivity index (χ4v) is 3.57. The minimum absolute atomic E-state index is 0.0742. The minimum Gasteiger partial charge on any atom is -0.486 e. The Labute approximate surface area is 164 Å². The van der Waals surface area contributed by atoms with Crippen LogP contribution in [0.15, 0.2) is 34.1 Å². The van der Waals surface area contributed by atoms with Crippen LogP contribution in [-0.4, -0.2) is 31.1 Å². The van der Waals surface area contributed by atoms with E-state index in [9.17, 15) is 9.59 Å². The summed E-state index contributed by atoms with van der Waals surface area (Å²) >= 11 is 4.77. The molecule has 0 spiro atoms. The molecule has 1 aliphatic heterocycles. The first kappa shape index (κ1) is 18.7. The summed E-state index contributed by atoms with van der Waals surface area (Å²) in [6, 6.07) is 6.35. The van der Waals surface area contributed by atoms with Crippen molar-refractivity contribution in [1.29, 1.82) is 0 Å². The number of thiophene rings is 1. The lowest BCUT2D eigenvalue weighted by atomic mass is 10.0. The molecule has 0 aliphatic carbocycles. The van der Waals surface area contributed by atoms with Gasteiger partial charge in [0.05, 0.1) is 10.6 Å². The van der Waals surface area contributed by atoms with Crippen molar-refractivity contribution in [1.82, 2.24) is 5.32 Å². The number of ether oxygens (including phenoxy) is 2. The van der Waals surface area contributed by atoms with Crippen LogP contribution < -0.4 is 20.1 Å². The maximum Gasteiger partial charge on any atom is 0.262 e. The highest BCUT2D eigenvalue weighted by Gasteiger charge is 2.26. The Kier molecular flexibility index (Phi) is 5.83. The van der Waals surface area contributed by atoms with Gasteiger partial charge in [-0.05, 0) is 33.3 Å². The summed E-state index contributed by atoms with van der Waals surface area (Å²) in [7, 11) is 0. The normalized spacial score (nSPS) is 14.0. The van der Waals surface area contributed by atoms with Gasteiger partial charge in [-0.25, -0.2) is 0 Å². The molecule has 2 aromatic rings. The molecule has 0 bridgehead atoms. The number of amides is 2. The average Bonchev–Trinajstić information content (AvgIpc) is 3.14. The monoisotopic (exact) mass is 438 g/mol. The zero-order valence-electron chi connectivity index (χ0n) is 14.4. The van der Waals surface area contributed by atoms with Crippen LogP contribution in [0.5, 0.6) is 11.5 Å². The molecule has 0 radical (unpaired) electrons. The summed E-state index contributed by atoms with van der Waals surface area (Å²) in [5, 5.41) is 7.49. The number of hydrogen-bond acceptors (Lipinski definition) is 5. The van der Waals surface area contributed by atoms with Gasteiger partial charge < -0.3 is 20.1 Å². The van der Waals surface area contributed by atoms with Crippen molar-refractivity contribution in [2.45, 2.75) is 19.9 Å². The van der Waals surface area contributed by atoms with E-state index < -0.39 is 6.04 Å². The molecule has 26 heavy (non-hydrogen) atoms. The SMILES string of the molecule is CC(C)[C@H](NC(=O)c1cccs1)C(=O)Nc1cc2c(cc1Br)OCCO2. The van der Waals surface area contributed by atoms with Crippen LogP contribution >= 0.6 is 27.3 Å². The zero-order chi connectivity index (χ0) is 18.7. The molecule has 0 saturated carbocycles. The van der Waals surface area contributed by atoms with E-state index in [0.717, 1.165) is 0 Å². The maximum absolute atomic E-state index is 12.8. The largest absolute Gasteiger partial charge is 0.486 e. The Bertz CT molecular complexity index is 808. The first-order valence-corrected chi connectivity index (χ1v) is 9.87. The average molecular weight is 439 g/mol. The molecule has 6 nitrogen and oxygen atoms in total. The molecule has 2 N–H and O–H groups in total. The Morgan fingerprint density at radius 3 is 2.50 bits per heavy atom. The second-order valence-electron chi connectivity index (χ2n) is 6.14. The number of fused-ring (bicyclic) bond motifs is 1. The van der Waals surface area contributed by atoms with Gasteiger partial charge in [0, 0.05) is 16.6 Å². The van der Waals surface area contributed by atoms with Crippen LogP contribution in [0.4, 0.5) is 5.69 Å². The number of benzene rings is 1. The second-order valence-corrected chi connectivity index (χ2v) is 7.94. The van der Waals surface area contributed by atoms with E-state index in [1.807, 2.05) is 19.2 Å². The Balaban J connectivity index is 1.75. The van der Waals surface area contributed by atoms with Crippen molar-refractivity contribution in [3.8, 4) is 11.5 Å². The zero-order valence-corrected chi connectivity index (χ0v) is 16.8. The number of hydrogen-bond donors (Lipinski definition) is 2. The van der Waals surface area contributed by atoms with E-state index in [4.69, 9.17) is 9.47 Å². The highest BCUT2D eigenvalue weighted by molar-refractivity contribution is 9.10. The smallest absolute Gasteiger partial charge is 0.262 e. The summed E-state index contributed by atoms with van der Waals surface area (Å²) < 4.78 is 11.8. The predicted molar refractivity (Wildman–Crippen MR) is 104 cm³/mol. The maximum atomic E-state index is 12.8. The Morgan fingerprint density at radius 2 is 1.88 bits per heavy atom. The molecule has 1 aliphatic rings. The topological polar surface area (TPSA) is 76.7 Å². The number of rotatable bonds is 5. The van der Waals surface area contributed by atoms with E-state index in [2.05, 4.69) is 26.6 Å². The predicted octanol–water partition coefficient (Wildman–Crippen LogP) is 3.67. The van der Waals surface area contributed by atoms with Crippen molar-refractivity contribution < 1.29 is 19.1 Å². The van der Waals surface area contributed by atoms with Gasteiger partial charge in [-0.15, -0.1) is 11.3 Å². The van der Waals surface area contributed by atoms with Crippen LogP contribution in [-0.2, 0) is 4.79 Å². The van der Waals surface area contributed by atoms with E-state index in [-0.39, 0.29) is 17.7 Å². The van der Waals surface area contributed by atoms with Gasteiger partial charge in [0.2, 0.25) is 5.91 Å². The van der Waals surface area contributed by atoms with Crippen molar-refractivity contribution in [2.75, 3.05) is 18.5 Å². The first-order chi connectivity index (χ1) is 12.5. The molecule has 2 heterocycles. The summed E-state index contributed by atoms with van der Waals surface area (Å²) in [5.74, 6) is 0.596. The summed E-state index contributed by atoms with van der Waals surface area (Å²) in [6.07, 6.45) is 0. The highest BCUT2D eigenvalue weighted by Crippen LogP contribution is 2.38. The summed E-state index contributed by atoms with van der Waals surface area (Å²) in [6.45, 7) is 4.73. The number of carbonyl (C=O) groups is 2. The molecule has 8 heteroatoms. The van der Waals surface area contributed by atoms with Gasteiger partial charge in [0.1, 0.15) is 19.3 Å². The van der Waals surface area contributed by atoms with Gasteiger partial charge in [-0.1, -0.05) is 19.9 Å². The van der Waals surface area contributed by atoms with Crippen LogP contribution in [0.1, 0.15) is 23.5 Å². The molecule has 0 unspecified atom stereocenters. The molecule has 2 amide bonds. The Hall–Kier alpha value is -2.06. The molecule has 0 saturated heterocycles. The van der Waals surface area contributed by atoms with Crippen LogP contribution in [0.3, 0.4) is 0 Å². The minimum atomic E-state index is -0.662. The number of halogens is 1.